The van der Waals surface area contributed by atoms with E-state index in [0.29, 0.717) is 36.6 Å². The van der Waals surface area contributed by atoms with Crippen molar-refractivity contribution in [2.24, 2.45) is 0 Å². The molecule has 1 heterocycles. The van der Waals surface area contributed by atoms with Crippen LogP contribution in [0.5, 0.6) is 5.75 Å². The number of aryl methyl sites for hydroxylation is 1. The predicted octanol–water partition coefficient (Wildman–Crippen LogP) is 6.15. The van der Waals surface area contributed by atoms with Gasteiger partial charge in [-0.2, -0.15) is 5.10 Å². The average Bonchev–Trinajstić information content (AvgIpc) is 3.21. The number of hydrogen-bond donors (Lipinski definition) is 2. The van der Waals surface area contributed by atoms with Gasteiger partial charge in [-0.1, -0.05) is 30.7 Å². The van der Waals surface area contributed by atoms with Crippen molar-refractivity contribution in [3.8, 4) is 28.1 Å². The summed E-state index contributed by atoms with van der Waals surface area (Å²) in [6.07, 6.45) is 0.670. The summed E-state index contributed by atoms with van der Waals surface area (Å²) in [5, 5.41) is 18.2. The molecule has 0 spiro atoms. The zero-order valence-electron chi connectivity index (χ0n) is 21.7. The second kappa shape index (κ2) is 10.5. The number of nitrogens with one attached hydrogen (secondary N) is 1. The minimum atomic E-state index is -1.02. The molecule has 0 bridgehead atoms. The van der Waals surface area contributed by atoms with Crippen molar-refractivity contribution in [3.05, 3.63) is 58.2 Å². The highest BCUT2D eigenvalue weighted by atomic mass is 35.5. The van der Waals surface area contributed by atoms with E-state index in [9.17, 15) is 14.7 Å². The van der Waals surface area contributed by atoms with Crippen LogP contribution in [0.1, 0.15) is 61.6 Å². The second-order valence-corrected chi connectivity index (χ2v) is 10.7. The van der Waals surface area contributed by atoms with E-state index in [2.05, 4.69) is 5.32 Å². The molecule has 1 atom stereocenters. The Morgan fingerprint density at radius 1 is 1.19 bits per heavy atom. The third kappa shape index (κ3) is 5.74. The summed E-state index contributed by atoms with van der Waals surface area (Å²) in [5.74, 6) is -0.313. The number of nitrogens with zero attached hydrogens (tertiary/aromatic N) is 2. The van der Waals surface area contributed by atoms with Crippen molar-refractivity contribution in [3.63, 3.8) is 0 Å². The van der Waals surface area contributed by atoms with Gasteiger partial charge in [0.2, 0.25) is 0 Å². The largest absolute Gasteiger partial charge is 0.496 e. The van der Waals surface area contributed by atoms with Crippen molar-refractivity contribution in [2.45, 2.75) is 58.6 Å². The lowest BCUT2D eigenvalue weighted by molar-refractivity contribution is 0.0524. The van der Waals surface area contributed by atoms with Gasteiger partial charge < -0.3 is 19.9 Å². The van der Waals surface area contributed by atoms with E-state index >= 15 is 0 Å². The standard InChI is InChI=1S/C28H32ClN3O5/c1-16-13-18-14-22(36-5)20(17-7-9-19(29)10-8-17)15-21(18)24-23(16)25(26(33)34)32(31-24)12-6-11-30-27(35)37-28(2,3)4/h7-10,14-16H,6,11-13H2,1-5H3,(H,30,35)(H,33,34). The molecular weight excluding hydrogens is 494 g/mol. The van der Waals surface area contributed by atoms with Crippen LogP contribution in [0.4, 0.5) is 4.79 Å². The summed E-state index contributed by atoms with van der Waals surface area (Å²) in [6.45, 7) is 8.09. The van der Waals surface area contributed by atoms with Crippen molar-refractivity contribution in [2.75, 3.05) is 13.7 Å². The third-order valence-electron chi connectivity index (χ3n) is 6.26. The number of halogens is 1. The SMILES string of the molecule is COc1cc2c(cc1-c1ccc(Cl)cc1)-c1nn(CCCNC(=O)OC(C)(C)C)c(C(=O)O)c1C(C)C2. The van der Waals surface area contributed by atoms with Crippen LogP contribution in [0.3, 0.4) is 0 Å². The van der Waals surface area contributed by atoms with Crippen LogP contribution in [-0.4, -0.2) is 46.2 Å². The van der Waals surface area contributed by atoms with E-state index in [1.807, 2.05) is 43.3 Å². The summed E-state index contributed by atoms with van der Waals surface area (Å²) in [4.78, 5) is 24.3. The van der Waals surface area contributed by atoms with Gasteiger partial charge in [0.15, 0.2) is 0 Å². The number of ether oxygens (including phenoxy) is 2. The molecule has 9 heteroatoms. The molecule has 1 unspecified atom stereocenters. The first-order chi connectivity index (χ1) is 17.5. The number of rotatable bonds is 7. The molecule has 0 aliphatic heterocycles. The molecule has 37 heavy (non-hydrogen) atoms. The molecule has 0 saturated heterocycles. The number of benzene rings is 2. The van der Waals surface area contributed by atoms with Crippen molar-refractivity contribution < 1.29 is 24.2 Å². The lowest BCUT2D eigenvalue weighted by atomic mass is 9.80. The second-order valence-electron chi connectivity index (χ2n) is 10.2. The summed E-state index contributed by atoms with van der Waals surface area (Å²) < 4.78 is 12.5. The van der Waals surface area contributed by atoms with E-state index in [1.54, 1.807) is 32.6 Å². The quantitative estimate of drug-likeness (QED) is 0.358. The predicted molar refractivity (Wildman–Crippen MR) is 143 cm³/mol. The van der Waals surface area contributed by atoms with Crippen LogP contribution in [0.25, 0.3) is 22.4 Å². The Hall–Kier alpha value is -3.52. The summed E-state index contributed by atoms with van der Waals surface area (Å²) in [6, 6.07) is 11.5. The molecule has 1 aliphatic rings. The molecule has 0 radical (unpaired) electrons. The Balaban J connectivity index is 1.67. The lowest BCUT2D eigenvalue weighted by Crippen LogP contribution is -2.33. The van der Waals surface area contributed by atoms with Crippen molar-refractivity contribution in [1.29, 1.82) is 0 Å². The molecular formula is C28H32ClN3O5. The van der Waals surface area contributed by atoms with E-state index in [4.69, 9.17) is 26.2 Å². The number of carboxylic acid groups (broad SMARTS) is 1. The highest BCUT2D eigenvalue weighted by Crippen LogP contribution is 2.45. The maximum atomic E-state index is 12.3. The zero-order chi connectivity index (χ0) is 26.9. The monoisotopic (exact) mass is 525 g/mol. The molecule has 2 N–H and O–H groups in total. The summed E-state index contributed by atoms with van der Waals surface area (Å²) in [5.41, 5.74) is 4.78. The van der Waals surface area contributed by atoms with Crippen LogP contribution in [0.15, 0.2) is 36.4 Å². The number of aromatic nitrogens is 2. The fourth-order valence-electron chi connectivity index (χ4n) is 4.73. The van der Waals surface area contributed by atoms with Gasteiger partial charge in [0, 0.05) is 34.8 Å². The van der Waals surface area contributed by atoms with Gasteiger partial charge >= 0.3 is 12.1 Å². The molecule has 0 saturated carbocycles. The Bertz CT molecular complexity index is 1330. The van der Waals surface area contributed by atoms with E-state index in [-0.39, 0.29) is 11.6 Å². The maximum absolute atomic E-state index is 12.3. The van der Waals surface area contributed by atoms with Gasteiger partial charge in [0.05, 0.1) is 12.8 Å². The van der Waals surface area contributed by atoms with Crippen LogP contribution in [0.2, 0.25) is 5.02 Å². The van der Waals surface area contributed by atoms with E-state index in [1.165, 1.54) is 0 Å². The first kappa shape index (κ1) is 26.5. The molecule has 1 amide bonds. The molecule has 8 nitrogen and oxygen atoms in total. The summed E-state index contributed by atoms with van der Waals surface area (Å²) >= 11 is 6.09. The third-order valence-corrected chi connectivity index (χ3v) is 6.51. The molecule has 1 aromatic heterocycles. The fourth-order valence-corrected chi connectivity index (χ4v) is 4.86. The molecule has 3 aromatic rings. The van der Waals surface area contributed by atoms with Crippen LogP contribution in [-0.2, 0) is 17.7 Å². The van der Waals surface area contributed by atoms with Gasteiger partial charge in [0.25, 0.3) is 0 Å². The van der Waals surface area contributed by atoms with E-state index < -0.39 is 17.7 Å². The number of carbonyl (C=O) groups is 2. The van der Waals surface area contributed by atoms with Crippen LogP contribution < -0.4 is 10.1 Å². The minimum Gasteiger partial charge on any atom is -0.496 e. The number of aromatic carboxylic acids is 1. The normalized spacial score (nSPS) is 14.5. The number of amides is 1. The highest BCUT2D eigenvalue weighted by molar-refractivity contribution is 6.30. The molecule has 1 aliphatic carbocycles. The Morgan fingerprint density at radius 2 is 1.89 bits per heavy atom. The van der Waals surface area contributed by atoms with Crippen molar-refractivity contribution >= 4 is 23.7 Å². The maximum Gasteiger partial charge on any atom is 0.407 e. The number of fused-ring (bicyclic) bond motifs is 3. The topological polar surface area (TPSA) is 103 Å². The average molecular weight is 526 g/mol. The van der Waals surface area contributed by atoms with Crippen LogP contribution >= 0.6 is 11.6 Å². The van der Waals surface area contributed by atoms with Gasteiger partial charge in [-0.15, -0.1) is 0 Å². The zero-order valence-corrected chi connectivity index (χ0v) is 22.5. The number of alkyl carbamates (subject to hydrolysis) is 1. The Labute approximate surface area is 221 Å². The Morgan fingerprint density at radius 3 is 2.51 bits per heavy atom. The highest BCUT2D eigenvalue weighted by Gasteiger charge is 2.33. The molecule has 2 aromatic carbocycles. The summed E-state index contributed by atoms with van der Waals surface area (Å²) in [7, 11) is 1.64. The first-order valence-corrected chi connectivity index (χ1v) is 12.6. The number of carboxylic acids is 1. The molecule has 0 fully saturated rings. The first-order valence-electron chi connectivity index (χ1n) is 12.3. The van der Waals surface area contributed by atoms with Gasteiger partial charge in [0.1, 0.15) is 17.0 Å². The smallest absolute Gasteiger partial charge is 0.407 e. The Kier molecular flexibility index (Phi) is 7.50. The lowest BCUT2D eigenvalue weighted by Gasteiger charge is -2.24. The van der Waals surface area contributed by atoms with Gasteiger partial charge in [-0.3, -0.25) is 4.68 Å². The fraction of sp³-hybridized carbons (Fsp3) is 0.393. The molecule has 4 rings (SSSR count). The van der Waals surface area contributed by atoms with Gasteiger partial charge in [-0.25, -0.2) is 9.59 Å². The van der Waals surface area contributed by atoms with E-state index in [0.717, 1.165) is 33.6 Å². The molecule has 196 valence electrons. The number of methoxy groups -OCH3 is 1. The number of hydrogen-bond acceptors (Lipinski definition) is 5. The van der Waals surface area contributed by atoms with Gasteiger partial charge in [-0.05, 0) is 74.9 Å². The van der Waals surface area contributed by atoms with Crippen LogP contribution in [0, 0.1) is 0 Å². The minimum absolute atomic E-state index is 0.0340. The number of carbonyl (C=O) groups excluding carboxylic acids is 1. The van der Waals surface area contributed by atoms with Crippen molar-refractivity contribution in [1.82, 2.24) is 15.1 Å².